The number of benzene rings is 2. The van der Waals surface area contributed by atoms with Gasteiger partial charge in [-0.2, -0.15) is 0 Å². The van der Waals surface area contributed by atoms with E-state index in [-0.39, 0.29) is 0 Å². The Morgan fingerprint density at radius 3 is 2.33 bits per heavy atom. The quantitative estimate of drug-likeness (QED) is 0.819. The molecule has 2 heteroatoms. The third-order valence-electron chi connectivity index (χ3n) is 5.90. The minimum Gasteiger partial charge on any atom is -0.306 e. The molecule has 2 nitrogen and oxygen atoms in total. The van der Waals surface area contributed by atoms with Crippen LogP contribution >= 0.6 is 0 Å². The highest BCUT2D eigenvalue weighted by atomic mass is 15.1. The van der Waals surface area contributed by atoms with E-state index in [4.69, 9.17) is 0 Å². The van der Waals surface area contributed by atoms with Gasteiger partial charge in [0.25, 0.3) is 0 Å². The number of likely N-dealkylation sites (tertiary alicyclic amines) is 2. The molecular formula is C22H28N2. The molecule has 24 heavy (non-hydrogen) atoms. The summed E-state index contributed by atoms with van der Waals surface area (Å²) in [6, 6.07) is 19.1. The Kier molecular flexibility index (Phi) is 4.43. The molecule has 2 saturated heterocycles. The summed E-state index contributed by atoms with van der Waals surface area (Å²) in [5.41, 5.74) is 5.66. The van der Waals surface area contributed by atoms with E-state index >= 15 is 0 Å². The summed E-state index contributed by atoms with van der Waals surface area (Å²) < 4.78 is 0. The van der Waals surface area contributed by atoms with Crippen LogP contribution in [0.25, 0.3) is 11.1 Å². The molecule has 2 atom stereocenters. The molecule has 4 rings (SSSR count). The van der Waals surface area contributed by atoms with Crippen LogP contribution in [-0.4, -0.2) is 43.5 Å². The van der Waals surface area contributed by atoms with Crippen molar-refractivity contribution < 1.29 is 0 Å². The number of hydrogen-bond acceptors (Lipinski definition) is 2. The van der Waals surface area contributed by atoms with Gasteiger partial charge in [0.05, 0.1) is 0 Å². The van der Waals surface area contributed by atoms with Crippen molar-refractivity contribution in [2.75, 3.05) is 33.7 Å². The monoisotopic (exact) mass is 320 g/mol. The normalized spacial score (nSPS) is 25.4. The fourth-order valence-electron chi connectivity index (χ4n) is 4.41. The van der Waals surface area contributed by atoms with Gasteiger partial charge in [-0.05, 0) is 74.6 Å². The Labute approximate surface area is 146 Å². The van der Waals surface area contributed by atoms with Crippen molar-refractivity contribution in [2.45, 2.75) is 31.2 Å². The minimum atomic E-state index is 0.611. The summed E-state index contributed by atoms with van der Waals surface area (Å²) in [5, 5.41) is 0. The zero-order valence-corrected chi connectivity index (χ0v) is 14.9. The van der Waals surface area contributed by atoms with Crippen molar-refractivity contribution in [1.82, 2.24) is 9.80 Å². The molecule has 0 N–H and O–H groups in total. The van der Waals surface area contributed by atoms with E-state index in [9.17, 15) is 0 Å². The lowest BCUT2D eigenvalue weighted by Gasteiger charge is -2.20. The van der Waals surface area contributed by atoms with E-state index in [0.29, 0.717) is 12.0 Å². The first-order valence-electron chi connectivity index (χ1n) is 9.30. The molecule has 2 aliphatic rings. The molecule has 2 unspecified atom stereocenters. The van der Waals surface area contributed by atoms with Crippen LogP contribution in [0, 0.1) is 0 Å². The van der Waals surface area contributed by atoms with Crippen LogP contribution in [0.5, 0.6) is 0 Å². The molecule has 2 aromatic rings. The average molecular weight is 320 g/mol. The zero-order valence-electron chi connectivity index (χ0n) is 14.9. The molecule has 0 radical (unpaired) electrons. The highest BCUT2D eigenvalue weighted by Gasteiger charge is 2.23. The lowest BCUT2D eigenvalue weighted by molar-refractivity contribution is 0.317. The molecule has 0 spiro atoms. The first-order valence-corrected chi connectivity index (χ1v) is 9.30. The lowest BCUT2D eigenvalue weighted by Crippen LogP contribution is -2.17. The second kappa shape index (κ2) is 6.70. The van der Waals surface area contributed by atoms with Gasteiger partial charge in [-0.1, -0.05) is 48.5 Å². The Hall–Kier alpha value is -1.64. The van der Waals surface area contributed by atoms with Crippen LogP contribution in [0.2, 0.25) is 0 Å². The maximum atomic E-state index is 2.48. The molecule has 2 fully saturated rings. The molecular weight excluding hydrogens is 292 g/mol. The molecule has 0 aromatic heterocycles. The summed E-state index contributed by atoms with van der Waals surface area (Å²) in [6.45, 7) is 3.64. The molecule has 0 amide bonds. The van der Waals surface area contributed by atoms with Crippen LogP contribution in [0.3, 0.4) is 0 Å². The Balaban J connectivity index is 1.55. The summed E-state index contributed by atoms with van der Waals surface area (Å²) in [6.07, 6.45) is 3.90. The van der Waals surface area contributed by atoms with E-state index in [1.165, 1.54) is 61.2 Å². The zero-order chi connectivity index (χ0) is 16.5. The van der Waals surface area contributed by atoms with Crippen molar-refractivity contribution >= 4 is 0 Å². The number of rotatable bonds is 3. The second-order valence-corrected chi connectivity index (χ2v) is 7.63. The summed E-state index contributed by atoms with van der Waals surface area (Å²) in [4.78, 5) is 4.91. The molecule has 0 bridgehead atoms. The summed E-state index contributed by atoms with van der Waals surface area (Å²) in [7, 11) is 4.47. The highest BCUT2D eigenvalue weighted by Crippen LogP contribution is 2.33. The van der Waals surface area contributed by atoms with E-state index in [2.05, 4.69) is 72.4 Å². The topological polar surface area (TPSA) is 6.48 Å². The average Bonchev–Trinajstić information content (AvgIpc) is 3.24. The van der Waals surface area contributed by atoms with Crippen LogP contribution in [0.1, 0.15) is 42.3 Å². The fraction of sp³-hybridized carbons (Fsp3) is 0.455. The van der Waals surface area contributed by atoms with Gasteiger partial charge in [0.2, 0.25) is 0 Å². The molecule has 2 heterocycles. The fourth-order valence-corrected chi connectivity index (χ4v) is 4.41. The Morgan fingerprint density at radius 2 is 1.67 bits per heavy atom. The number of likely N-dealkylation sites (N-methyl/N-ethyl adjacent to an activating group) is 1. The van der Waals surface area contributed by atoms with Crippen molar-refractivity contribution in [1.29, 1.82) is 0 Å². The van der Waals surface area contributed by atoms with Gasteiger partial charge in [-0.3, -0.25) is 4.90 Å². The lowest BCUT2D eigenvalue weighted by atomic mass is 9.93. The molecule has 0 aliphatic carbocycles. The number of hydrogen-bond donors (Lipinski definition) is 0. The molecule has 126 valence electrons. The predicted molar refractivity (Wildman–Crippen MR) is 101 cm³/mol. The first kappa shape index (κ1) is 15.9. The van der Waals surface area contributed by atoms with Gasteiger partial charge < -0.3 is 4.90 Å². The summed E-state index contributed by atoms with van der Waals surface area (Å²) in [5.74, 6) is 0.696. The van der Waals surface area contributed by atoms with Gasteiger partial charge >= 0.3 is 0 Å². The van der Waals surface area contributed by atoms with Crippen LogP contribution in [-0.2, 0) is 0 Å². The van der Waals surface area contributed by atoms with Gasteiger partial charge in [0.1, 0.15) is 0 Å². The van der Waals surface area contributed by atoms with Crippen molar-refractivity contribution in [3.63, 3.8) is 0 Å². The van der Waals surface area contributed by atoms with Crippen LogP contribution < -0.4 is 0 Å². The molecule has 0 saturated carbocycles. The third kappa shape index (κ3) is 3.13. The maximum Gasteiger partial charge on any atom is 0.0345 e. The standard InChI is InChI=1S/C22H28N2/c1-23-14-12-21(16-23)20-6-3-5-19(15-20)17-8-10-18(11-9-17)22-7-4-13-24(22)2/h3,5-6,8-11,15,21-22H,4,7,12-14,16H2,1-2H3. The van der Waals surface area contributed by atoms with E-state index in [1.54, 1.807) is 0 Å². The van der Waals surface area contributed by atoms with Gasteiger partial charge in [0.15, 0.2) is 0 Å². The van der Waals surface area contributed by atoms with Crippen molar-refractivity contribution in [3.8, 4) is 11.1 Å². The smallest absolute Gasteiger partial charge is 0.0345 e. The number of nitrogens with zero attached hydrogens (tertiary/aromatic N) is 2. The van der Waals surface area contributed by atoms with Gasteiger partial charge in [0, 0.05) is 12.6 Å². The third-order valence-corrected chi connectivity index (χ3v) is 5.90. The predicted octanol–water partition coefficient (Wildman–Crippen LogP) is 4.54. The maximum absolute atomic E-state index is 2.48. The van der Waals surface area contributed by atoms with E-state index in [1.807, 2.05) is 0 Å². The van der Waals surface area contributed by atoms with E-state index < -0.39 is 0 Å². The summed E-state index contributed by atoms with van der Waals surface area (Å²) >= 11 is 0. The second-order valence-electron chi connectivity index (χ2n) is 7.63. The first-order chi connectivity index (χ1) is 11.7. The Morgan fingerprint density at radius 1 is 0.833 bits per heavy atom. The minimum absolute atomic E-state index is 0.611. The van der Waals surface area contributed by atoms with Crippen LogP contribution in [0.4, 0.5) is 0 Å². The van der Waals surface area contributed by atoms with Crippen LogP contribution in [0.15, 0.2) is 48.5 Å². The highest BCUT2D eigenvalue weighted by molar-refractivity contribution is 5.64. The van der Waals surface area contributed by atoms with Gasteiger partial charge in [-0.25, -0.2) is 0 Å². The molecule has 2 aliphatic heterocycles. The molecule has 2 aromatic carbocycles. The van der Waals surface area contributed by atoms with E-state index in [0.717, 1.165) is 0 Å². The van der Waals surface area contributed by atoms with Crippen molar-refractivity contribution in [2.24, 2.45) is 0 Å². The largest absolute Gasteiger partial charge is 0.306 e. The van der Waals surface area contributed by atoms with Crippen molar-refractivity contribution in [3.05, 3.63) is 59.7 Å². The van der Waals surface area contributed by atoms with Gasteiger partial charge in [-0.15, -0.1) is 0 Å². The SMILES string of the molecule is CN1CCC(c2cccc(-c3ccc(C4CCCN4C)cc3)c2)C1. The Bertz CT molecular complexity index is 691.